The summed E-state index contributed by atoms with van der Waals surface area (Å²) in [5.74, 6) is 0.458. The maximum absolute atomic E-state index is 9.00. The molecule has 0 aliphatic carbocycles. The molecule has 0 aromatic carbocycles. The van der Waals surface area contributed by atoms with Crippen LogP contribution in [0.5, 0.6) is 0 Å². The van der Waals surface area contributed by atoms with Crippen LogP contribution in [0.2, 0.25) is 0 Å². The van der Waals surface area contributed by atoms with Gasteiger partial charge in [0.15, 0.2) is 0 Å². The Balaban J connectivity index is -0.000000250. The quantitative estimate of drug-likeness (QED) is 0.838. The van der Waals surface area contributed by atoms with Crippen molar-refractivity contribution in [1.82, 2.24) is 9.80 Å². The summed E-state index contributed by atoms with van der Waals surface area (Å²) < 4.78 is 0. The average molecular weight is 307 g/mol. The van der Waals surface area contributed by atoms with Crippen LogP contribution in [0.1, 0.15) is 53.9 Å². The van der Waals surface area contributed by atoms with Gasteiger partial charge < -0.3 is 20.0 Å². The first-order chi connectivity index (χ1) is 9.99. The molecule has 21 heavy (non-hydrogen) atoms. The summed E-state index contributed by atoms with van der Waals surface area (Å²) in [7, 11) is 6.14. The molecule has 0 bridgehead atoms. The van der Waals surface area contributed by atoms with Crippen molar-refractivity contribution in [2.75, 3.05) is 47.4 Å². The first-order valence-corrected chi connectivity index (χ1v) is 8.61. The molecular formula is C17H42N2O2. The third kappa shape index (κ3) is 19.8. The standard InChI is InChI=1S/C7H17NO.C6H13NO.2C2H6/c1-4-7(6-9)5-8(2)3;1-7-4-2-6(8)3-5-7;2*1-2/h7,9H,4-6H2,1-3H3;6,8H,2-5H2,1H3;2*1-2H3. The monoisotopic (exact) mass is 306 g/mol. The first kappa shape index (κ1) is 25.8. The van der Waals surface area contributed by atoms with E-state index in [0.717, 1.165) is 38.9 Å². The number of rotatable bonds is 4. The minimum absolute atomic E-state index is 0.0220. The van der Waals surface area contributed by atoms with E-state index >= 15 is 0 Å². The van der Waals surface area contributed by atoms with Gasteiger partial charge in [-0.05, 0) is 46.3 Å². The molecule has 4 heteroatoms. The molecule has 132 valence electrons. The van der Waals surface area contributed by atoms with Crippen LogP contribution in [-0.4, -0.2) is 73.5 Å². The lowest BCUT2D eigenvalue weighted by Crippen LogP contribution is -2.32. The van der Waals surface area contributed by atoms with Crippen LogP contribution in [0.3, 0.4) is 0 Å². The number of piperidine rings is 1. The van der Waals surface area contributed by atoms with Gasteiger partial charge in [-0.15, -0.1) is 0 Å². The molecule has 1 rings (SSSR count). The fourth-order valence-electron chi connectivity index (χ4n) is 1.83. The van der Waals surface area contributed by atoms with E-state index in [0.29, 0.717) is 12.5 Å². The third-order valence-corrected chi connectivity index (χ3v) is 3.15. The fourth-order valence-corrected chi connectivity index (χ4v) is 1.83. The second kappa shape index (κ2) is 19.8. The molecule has 1 atom stereocenters. The van der Waals surface area contributed by atoms with Gasteiger partial charge in [-0.25, -0.2) is 0 Å². The van der Waals surface area contributed by atoms with Crippen LogP contribution in [0.25, 0.3) is 0 Å². The Morgan fingerprint density at radius 3 is 1.71 bits per heavy atom. The number of likely N-dealkylation sites (tertiary alicyclic amines) is 1. The van der Waals surface area contributed by atoms with Crippen molar-refractivity contribution in [2.24, 2.45) is 5.92 Å². The van der Waals surface area contributed by atoms with Crippen LogP contribution >= 0.6 is 0 Å². The Morgan fingerprint density at radius 2 is 1.52 bits per heavy atom. The van der Waals surface area contributed by atoms with Gasteiger partial charge in [-0.1, -0.05) is 34.6 Å². The molecule has 1 heterocycles. The van der Waals surface area contributed by atoms with Crippen molar-refractivity contribution >= 4 is 0 Å². The third-order valence-electron chi connectivity index (χ3n) is 3.15. The van der Waals surface area contributed by atoms with Crippen LogP contribution in [-0.2, 0) is 0 Å². The highest BCUT2D eigenvalue weighted by Crippen LogP contribution is 2.06. The van der Waals surface area contributed by atoms with Gasteiger partial charge in [0.05, 0.1) is 6.10 Å². The van der Waals surface area contributed by atoms with E-state index in [2.05, 4.69) is 23.8 Å². The second-order valence-corrected chi connectivity index (χ2v) is 5.25. The lowest BCUT2D eigenvalue weighted by atomic mass is 10.1. The fraction of sp³-hybridized carbons (Fsp3) is 1.00. The van der Waals surface area contributed by atoms with Crippen molar-refractivity contribution in [3.05, 3.63) is 0 Å². The zero-order valence-corrected chi connectivity index (χ0v) is 15.9. The van der Waals surface area contributed by atoms with E-state index in [9.17, 15) is 0 Å². The smallest absolute Gasteiger partial charge is 0.0564 e. The molecule has 4 nitrogen and oxygen atoms in total. The lowest BCUT2D eigenvalue weighted by Gasteiger charge is -2.25. The molecule has 1 aliphatic rings. The van der Waals surface area contributed by atoms with Crippen molar-refractivity contribution in [2.45, 2.75) is 60.0 Å². The Kier molecular flexibility index (Phi) is 24.4. The minimum atomic E-state index is -0.0220. The normalized spacial score (nSPS) is 16.7. The SMILES string of the molecule is CC.CC.CCC(CO)CN(C)C.CN1CCC(O)CC1. The molecular weight excluding hydrogens is 264 g/mol. The van der Waals surface area contributed by atoms with Crippen LogP contribution in [0.15, 0.2) is 0 Å². The largest absolute Gasteiger partial charge is 0.396 e. The van der Waals surface area contributed by atoms with Crippen molar-refractivity contribution in [1.29, 1.82) is 0 Å². The lowest BCUT2D eigenvalue weighted by molar-refractivity contribution is 0.0943. The van der Waals surface area contributed by atoms with Crippen molar-refractivity contribution in [3.63, 3.8) is 0 Å². The molecule has 0 radical (unpaired) electrons. The van der Waals surface area contributed by atoms with Gasteiger partial charge in [0, 0.05) is 26.2 Å². The summed E-state index contributed by atoms with van der Waals surface area (Å²) in [5, 5.41) is 17.7. The van der Waals surface area contributed by atoms with Gasteiger partial charge >= 0.3 is 0 Å². The Morgan fingerprint density at radius 1 is 1.10 bits per heavy atom. The maximum atomic E-state index is 9.00. The Labute approximate surface area is 134 Å². The molecule has 1 unspecified atom stereocenters. The second-order valence-electron chi connectivity index (χ2n) is 5.25. The Bertz CT molecular complexity index is 156. The first-order valence-electron chi connectivity index (χ1n) is 8.61. The number of nitrogens with zero attached hydrogens (tertiary/aromatic N) is 2. The van der Waals surface area contributed by atoms with E-state index in [-0.39, 0.29) is 6.10 Å². The van der Waals surface area contributed by atoms with Crippen LogP contribution < -0.4 is 0 Å². The predicted octanol–water partition coefficient (Wildman–Crippen LogP) is 2.69. The number of hydrogen-bond donors (Lipinski definition) is 2. The highest BCUT2D eigenvalue weighted by atomic mass is 16.3. The van der Waals surface area contributed by atoms with E-state index < -0.39 is 0 Å². The summed E-state index contributed by atoms with van der Waals surface area (Å²) in [6, 6.07) is 0. The van der Waals surface area contributed by atoms with Gasteiger partial charge in [0.25, 0.3) is 0 Å². The Hall–Kier alpha value is -0.160. The summed E-state index contributed by atoms with van der Waals surface area (Å²) >= 11 is 0. The van der Waals surface area contributed by atoms with E-state index in [4.69, 9.17) is 10.2 Å². The average Bonchev–Trinajstić information content (AvgIpc) is 2.52. The molecule has 0 amide bonds. The number of hydrogen-bond acceptors (Lipinski definition) is 4. The van der Waals surface area contributed by atoms with Crippen LogP contribution in [0.4, 0.5) is 0 Å². The summed E-state index contributed by atoms with van der Waals surface area (Å²) in [6.45, 7) is 13.5. The molecule has 0 saturated carbocycles. The van der Waals surface area contributed by atoms with E-state index in [1.807, 2.05) is 41.8 Å². The molecule has 1 aliphatic heterocycles. The van der Waals surface area contributed by atoms with E-state index in [1.165, 1.54) is 0 Å². The summed E-state index contributed by atoms with van der Waals surface area (Å²) in [5.41, 5.74) is 0. The summed E-state index contributed by atoms with van der Waals surface area (Å²) in [6.07, 6.45) is 2.95. The highest BCUT2D eigenvalue weighted by Gasteiger charge is 2.12. The zero-order valence-electron chi connectivity index (χ0n) is 15.9. The van der Waals surface area contributed by atoms with Crippen molar-refractivity contribution < 1.29 is 10.2 Å². The molecule has 1 saturated heterocycles. The molecule has 1 fully saturated rings. The molecule has 0 aromatic rings. The van der Waals surface area contributed by atoms with Gasteiger partial charge in [-0.2, -0.15) is 0 Å². The van der Waals surface area contributed by atoms with Crippen molar-refractivity contribution in [3.8, 4) is 0 Å². The van der Waals surface area contributed by atoms with Gasteiger partial charge in [-0.3, -0.25) is 0 Å². The minimum Gasteiger partial charge on any atom is -0.396 e. The topological polar surface area (TPSA) is 46.9 Å². The predicted molar refractivity (Wildman–Crippen MR) is 94.9 cm³/mol. The maximum Gasteiger partial charge on any atom is 0.0564 e. The van der Waals surface area contributed by atoms with Gasteiger partial charge in [0.2, 0.25) is 0 Å². The number of aliphatic hydroxyl groups excluding tert-OH is 2. The molecule has 0 aromatic heterocycles. The van der Waals surface area contributed by atoms with Crippen LogP contribution in [0, 0.1) is 5.92 Å². The zero-order chi connectivity index (χ0) is 17.3. The highest BCUT2D eigenvalue weighted by molar-refractivity contribution is 4.67. The van der Waals surface area contributed by atoms with E-state index in [1.54, 1.807) is 0 Å². The molecule has 2 N–H and O–H groups in total. The van der Waals surface area contributed by atoms with Gasteiger partial charge in [0.1, 0.15) is 0 Å². The molecule has 0 spiro atoms. The number of aliphatic hydroxyl groups is 2. The summed E-state index contributed by atoms with van der Waals surface area (Å²) in [4.78, 5) is 4.34.